The number of nitrogens with one attached hydrogen (secondary N) is 1. The number of imidazole rings is 1. The summed E-state index contributed by atoms with van der Waals surface area (Å²) in [5, 5.41) is 3.68. The second-order valence-corrected chi connectivity index (χ2v) is 5.63. The Hall–Kier alpha value is -1.77. The van der Waals surface area contributed by atoms with Crippen LogP contribution in [0.15, 0.2) is 43.0 Å². The van der Waals surface area contributed by atoms with Crippen molar-refractivity contribution in [3.05, 3.63) is 43.0 Å². The molecule has 1 fully saturated rings. The van der Waals surface area contributed by atoms with E-state index in [1.807, 2.05) is 23.3 Å². The number of benzene rings is 1. The van der Waals surface area contributed by atoms with Gasteiger partial charge in [-0.25, -0.2) is 4.98 Å². The standard InChI is InChI=1S/C16H21N3/c1-13-4-2-5-14(10-13)18-15-6-3-7-16(11-15)19-9-8-17-12-19/h3,6-9,11-14,18H,2,4-5,10H2,1H3. The van der Waals surface area contributed by atoms with Gasteiger partial charge in [0, 0.05) is 29.8 Å². The normalized spacial score (nSPS) is 23.2. The summed E-state index contributed by atoms with van der Waals surface area (Å²) in [4.78, 5) is 4.10. The lowest BCUT2D eigenvalue weighted by molar-refractivity contribution is 0.358. The van der Waals surface area contributed by atoms with Gasteiger partial charge in [-0.1, -0.05) is 25.8 Å². The van der Waals surface area contributed by atoms with Crippen LogP contribution in [0.1, 0.15) is 32.6 Å². The Kier molecular flexibility index (Phi) is 3.53. The van der Waals surface area contributed by atoms with Crippen LogP contribution in [0, 0.1) is 5.92 Å². The number of aromatic nitrogens is 2. The third kappa shape index (κ3) is 2.98. The Bertz CT molecular complexity index is 519. The van der Waals surface area contributed by atoms with Crippen LogP contribution in [0.4, 0.5) is 5.69 Å². The molecule has 0 saturated heterocycles. The molecule has 100 valence electrons. The Morgan fingerprint density at radius 2 is 2.26 bits per heavy atom. The monoisotopic (exact) mass is 255 g/mol. The maximum atomic E-state index is 4.10. The molecule has 0 spiro atoms. The van der Waals surface area contributed by atoms with Crippen LogP contribution in [-0.4, -0.2) is 15.6 Å². The van der Waals surface area contributed by atoms with Crippen molar-refractivity contribution in [2.75, 3.05) is 5.32 Å². The van der Waals surface area contributed by atoms with E-state index in [9.17, 15) is 0 Å². The van der Waals surface area contributed by atoms with Gasteiger partial charge in [-0.3, -0.25) is 0 Å². The van der Waals surface area contributed by atoms with Crippen molar-refractivity contribution >= 4 is 5.69 Å². The summed E-state index contributed by atoms with van der Waals surface area (Å²) in [6, 6.07) is 9.18. The molecule has 3 rings (SSSR count). The molecular weight excluding hydrogens is 234 g/mol. The fourth-order valence-electron chi connectivity index (χ4n) is 2.97. The summed E-state index contributed by atoms with van der Waals surface area (Å²) in [5.41, 5.74) is 2.37. The predicted octanol–water partition coefficient (Wildman–Crippen LogP) is 3.86. The zero-order valence-corrected chi connectivity index (χ0v) is 11.4. The zero-order valence-electron chi connectivity index (χ0n) is 11.4. The minimum Gasteiger partial charge on any atom is -0.382 e. The van der Waals surface area contributed by atoms with E-state index in [-0.39, 0.29) is 0 Å². The first-order valence-electron chi connectivity index (χ1n) is 7.16. The molecule has 3 heteroatoms. The van der Waals surface area contributed by atoms with Crippen LogP contribution in [0.2, 0.25) is 0 Å². The molecule has 3 nitrogen and oxygen atoms in total. The van der Waals surface area contributed by atoms with Gasteiger partial charge in [0.25, 0.3) is 0 Å². The van der Waals surface area contributed by atoms with Crippen LogP contribution in [0.5, 0.6) is 0 Å². The van der Waals surface area contributed by atoms with Crippen LogP contribution in [0.3, 0.4) is 0 Å². The van der Waals surface area contributed by atoms with Crippen molar-refractivity contribution in [3.63, 3.8) is 0 Å². The zero-order chi connectivity index (χ0) is 13.1. The van der Waals surface area contributed by atoms with Crippen molar-refractivity contribution in [2.24, 2.45) is 5.92 Å². The SMILES string of the molecule is CC1CCCC(Nc2cccc(-n3ccnc3)c2)C1. The number of anilines is 1. The van der Waals surface area contributed by atoms with Gasteiger partial charge >= 0.3 is 0 Å². The molecule has 0 radical (unpaired) electrons. The van der Waals surface area contributed by atoms with Gasteiger partial charge in [0.1, 0.15) is 0 Å². The molecule has 2 atom stereocenters. The van der Waals surface area contributed by atoms with Crippen LogP contribution >= 0.6 is 0 Å². The quantitative estimate of drug-likeness (QED) is 0.902. The van der Waals surface area contributed by atoms with Crippen LogP contribution < -0.4 is 5.32 Å². The minimum absolute atomic E-state index is 0.627. The van der Waals surface area contributed by atoms with Gasteiger partial charge in [-0.05, 0) is 37.0 Å². The highest BCUT2D eigenvalue weighted by Gasteiger charge is 2.18. The second kappa shape index (κ2) is 5.47. The first kappa shape index (κ1) is 12.3. The Morgan fingerprint density at radius 3 is 3.05 bits per heavy atom. The minimum atomic E-state index is 0.627. The van der Waals surface area contributed by atoms with Crippen LogP contribution in [0.25, 0.3) is 5.69 Å². The van der Waals surface area contributed by atoms with Crippen molar-refractivity contribution < 1.29 is 0 Å². The predicted molar refractivity (Wildman–Crippen MR) is 78.6 cm³/mol. The number of hydrogen-bond acceptors (Lipinski definition) is 2. The molecule has 2 aromatic rings. The Labute approximate surface area is 114 Å². The van der Waals surface area contributed by atoms with Crippen molar-refractivity contribution in [1.29, 1.82) is 0 Å². The van der Waals surface area contributed by atoms with Crippen molar-refractivity contribution in [3.8, 4) is 5.69 Å². The van der Waals surface area contributed by atoms with Gasteiger partial charge < -0.3 is 9.88 Å². The number of rotatable bonds is 3. The molecule has 19 heavy (non-hydrogen) atoms. The summed E-state index contributed by atoms with van der Waals surface area (Å²) in [6.45, 7) is 2.36. The molecule has 0 aliphatic heterocycles. The number of nitrogens with zero attached hydrogens (tertiary/aromatic N) is 2. The smallest absolute Gasteiger partial charge is 0.0991 e. The van der Waals surface area contributed by atoms with E-state index in [4.69, 9.17) is 0 Å². The summed E-state index contributed by atoms with van der Waals surface area (Å²) < 4.78 is 2.04. The van der Waals surface area contributed by atoms with Crippen molar-refractivity contribution in [2.45, 2.75) is 38.6 Å². The van der Waals surface area contributed by atoms with Crippen LogP contribution in [-0.2, 0) is 0 Å². The number of hydrogen-bond donors (Lipinski definition) is 1. The third-order valence-electron chi connectivity index (χ3n) is 3.96. The highest BCUT2D eigenvalue weighted by Crippen LogP contribution is 2.26. The topological polar surface area (TPSA) is 29.9 Å². The van der Waals surface area contributed by atoms with Crippen molar-refractivity contribution in [1.82, 2.24) is 9.55 Å². The van der Waals surface area contributed by atoms with E-state index in [2.05, 4.69) is 41.5 Å². The van der Waals surface area contributed by atoms with Gasteiger partial charge in [0.2, 0.25) is 0 Å². The van der Waals surface area contributed by atoms with E-state index >= 15 is 0 Å². The third-order valence-corrected chi connectivity index (χ3v) is 3.96. The molecular formula is C16H21N3. The summed E-state index contributed by atoms with van der Waals surface area (Å²) in [5.74, 6) is 0.850. The molecule has 1 N–H and O–H groups in total. The summed E-state index contributed by atoms with van der Waals surface area (Å²) in [6.07, 6.45) is 10.9. The van der Waals surface area contributed by atoms with E-state index in [1.165, 1.54) is 31.4 Å². The highest BCUT2D eigenvalue weighted by molar-refractivity contribution is 5.51. The first-order chi connectivity index (χ1) is 9.31. The maximum absolute atomic E-state index is 4.10. The summed E-state index contributed by atoms with van der Waals surface area (Å²) >= 11 is 0. The average Bonchev–Trinajstić information content (AvgIpc) is 2.93. The first-order valence-corrected chi connectivity index (χ1v) is 7.16. The van der Waals surface area contributed by atoms with Gasteiger partial charge in [0.05, 0.1) is 6.33 Å². The van der Waals surface area contributed by atoms with Gasteiger partial charge in [-0.15, -0.1) is 0 Å². The van der Waals surface area contributed by atoms with Gasteiger partial charge in [-0.2, -0.15) is 0 Å². The average molecular weight is 255 g/mol. The molecule has 1 aromatic carbocycles. The molecule has 1 aromatic heterocycles. The van der Waals surface area contributed by atoms with E-state index in [1.54, 1.807) is 0 Å². The Balaban J connectivity index is 1.73. The lowest BCUT2D eigenvalue weighted by Gasteiger charge is -2.28. The molecule has 1 saturated carbocycles. The molecule has 0 bridgehead atoms. The van der Waals surface area contributed by atoms with E-state index in [0.717, 1.165) is 11.6 Å². The molecule has 1 aliphatic rings. The summed E-state index contributed by atoms with van der Waals surface area (Å²) in [7, 11) is 0. The largest absolute Gasteiger partial charge is 0.382 e. The molecule has 2 unspecified atom stereocenters. The maximum Gasteiger partial charge on any atom is 0.0991 e. The lowest BCUT2D eigenvalue weighted by atomic mass is 9.87. The molecule has 1 heterocycles. The van der Waals surface area contributed by atoms with Gasteiger partial charge in [0.15, 0.2) is 0 Å². The molecule has 0 amide bonds. The fourth-order valence-corrected chi connectivity index (χ4v) is 2.97. The van der Waals surface area contributed by atoms with E-state index < -0.39 is 0 Å². The lowest BCUT2D eigenvalue weighted by Crippen LogP contribution is -2.26. The van der Waals surface area contributed by atoms with E-state index in [0.29, 0.717) is 6.04 Å². The molecule has 1 aliphatic carbocycles. The Morgan fingerprint density at radius 1 is 1.32 bits per heavy atom. The highest BCUT2D eigenvalue weighted by atomic mass is 15.0. The fraction of sp³-hybridized carbons (Fsp3) is 0.438. The second-order valence-electron chi connectivity index (χ2n) is 5.63.